The summed E-state index contributed by atoms with van der Waals surface area (Å²) in [6, 6.07) is 0. The van der Waals surface area contributed by atoms with E-state index in [0.29, 0.717) is 0 Å². The van der Waals surface area contributed by atoms with E-state index in [2.05, 4.69) is 23.6 Å². The van der Waals surface area contributed by atoms with Crippen LogP contribution >= 0.6 is 13.4 Å². The third-order valence-corrected chi connectivity index (χ3v) is 3.00. The zero-order valence-electron chi connectivity index (χ0n) is 13.6. The van der Waals surface area contributed by atoms with E-state index in [1.165, 1.54) is 77.0 Å². The van der Waals surface area contributed by atoms with Gasteiger partial charge in [-0.05, 0) is 23.6 Å². The second-order valence-corrected chi connectivity index (χ2v) is 10.3. The number of rotatable bonds is 0. The molecule has 23 heavy (non-hydrogen) atoms. The molecule has 2 aliphatic rings. The monoisotopic (exact) mass is 460 g/mol. The van der Waals surface area contributed by atoms with Crippen LogP contribution in [0.3, 0.4) is 0 Å². The summed E-state index contributed by atoms with van der Waals surface area (Å²) in [5.74, 6) is 0. The van der Waals surface area contributed by atoms with Gasteiger partial charge in [0, 0.05) is 19.5 Å². The van der Waals surface area contributed by atoms with Crippen molar-refractivity contribution < 1.29 is 48.8 Å². The van der Waals surface area contributed by atoms with Gasteiger partial charge in [-0.1, -0.05) is 77.0 Å². The summed E-state index contributed by atoms with van der Waals surface area (Å²) in [7, 11) is 0. The Bertz CT molecular complexity index is 258. The summed E-state index contributed by atoms with van der Waals surface area (Å²) in [5.41, 5.74) is 0. The fraction of sp³-hybridized carbons (Fsp3) is 1.00. The van der Waals surface area contributed by atoms with Crippen molar-refractivity contribution in [1.29, 1.82) is 0 Å². The zero-order chi connectivity index (χ0) is 17.5. The van der Waals surface area contributed by atoms with Crippen molar-refractivity contribution in [3.05, 3.63) is 0 Å². The molecule has 0 unspecified atom stereocenters. The van der Waals surface area contributed by atoms with Gasteiger partial charge < -0.3 is 29.4 Å². The van der Waals surface area contributed by atoms with Gasteiger partial charge in [-0.25, -0.2) is 0 Å². The molecule has 0 amide bonds. The van der Waals surface area contributed by atoms with Crippen LogP contribution in [-0.4, -0.2) is 29.4 Å². The second-order valence-electron chi connectivity index (χ2n) is 5.27. The molecule has 0 spiro atoms. The average Bonchev–Trinajstić information content (AvgIpc) is 2.40. The molecule has 0 saturated heterocycles. The molecule has 2 saturated carbocycles. The number of hydrogen-bond donors (Lipinski definition) is 6. The van der Waals surface area contributed by atoms with E-state index in [0.717, 1.165) is 0 Å². The van der Waals surface area contributed by atoms with E-state index in [1.54, 1.807) is 0 Å². The van der Waals surface area contributed by atoms with Gasteiger partial charge in [0.05, 0.1) is 0 Å². The minimum atomic E-state index is -3.81. The number of hydrogen-bond acceptors (Lipinski definition) is 2. The molecule has 0 atom stereocenters. The smallest absolute Gasteiger partial charge is 0.319 e. The normalized spacial score (nSPS) is 17.7. The molecule has 2 rings (SSSR count). The Kier molecular flexibility index (Phi) is 23.7. The van der Waals surface area contributed by atoms with Crippen LogP contribution in [0, 0.1) is 0 Å². The molecule has 138 valence electrons. The van der Waals surface area contributed by atoms with E-state index in [9.17, 15) is 0 Å². The minimum Gasteiger partial charge on any atom is -0.325 e. The van der Waals surface area contributed by atoms with Gasteiger partial charge in [-0.2, -0.15) is 0 Å². The van der Waals surface area contributed by atoms with Gasteiger partial charge >= 0.3 is 13.4 Å². The third kappa shape index (κ3) is 59.5. The molecular weight excluding hydrogens is 432 g/mol. The molecule has 0 aromatic carbocycles. The first kappa shape index (κ1) is 29.4. The van der Waals surface area contributed by atoms with Gasteiger partial charge in [0.15, 0.2) is 0 Å². The molecule has 2 fully saturated rings. The molecule has 0 heterocycles. The summed E-state index contributed by atoms with van der Waals surface area (Å²) in [6.45, 7) is -7.61. The zero-order valence-corrected chi connectivity index (χ0v) is 20.0. The molecule has 0 radical (unpaired) electrons. The molecule has 0 bridgehead atoms. The van der Waals surface area contributed by atoms with Crippen molar-refractivity contribution in [2.75, 3.05) is 0 Å². The standard InChI is InChI=1S/2C6H12.2H3O3PS.Zn/c2*1-2-4-6-5-3-1;2*1-4(2,3)5;/h2*1-6H2;2*(H3,1,2,3,5);. The summed E-state index contributed by atoms with van der Waals surface area (Å²) in [6.07, 6.45) is 18.0. The Hall–Kier alpha value is 1.68. The maximum atomic E-state index is 7.56. The molecule has 6 N–H and O–H groups in total. The Balaban J connectivity index is -0.000000230. The van der Waals surface area contributed by atoms with E-state index in [1.807, 2.05) is 0 Å². The molecule has 11 heteroatoms. The van der Waals surface area contributed by atoms with Crippen LogP contribution in [0.25, 0.3) is 0 Å². The van der Waals surface area contributed by atoms with Crippen molar-refractivity contribution in [2.24, 2.45) is 0 Å². The SMILES string of the molecule is C1CCCCC1.C1CCCCC1.OP(O)(O)=S.OP(O)(O)=S.[Zn]. The van der Waals surface area contributed by atoms with Crippen LogP contribution in [0.2, 0.25) is 0 Å². The van der Waals surface area contributed by atoms with Gasteiger partial charge in [0.2, 0.25) is 0 Å². The average molecular weight is 462 g/mol. The van der Waals surface area contributed by atoms with Crippen molar-refractivity contribution in [3.63, 3.8) is 0 Å². The van der Waals surface area contributed by atoms with Crippen LogP contribution < -0.4 is 0 Å². The molecular formula is C12H30O6P2S2Zn. The molecule has 0 aromatic rings. The van der Waals surface area contributed by atoms with Crippen LogP contribution in [-0.2, 0) is 43.1 Å². The summed E-state index contributed by atoms with van der Waals surface area (Å²) >= 11 is 7.21. The largest absolute Gasteiger partial charge is 0.325 e. The maximum Gasteiger partial charge on any atom is 0.319 e. The van der Waals surface area contributed by atoms with Gasteiger partial charge in [0.25, 0.3) is 0 Å². The minimum absolute atomic E-state index is 0. The topological polar surface area (TPSA) is 121 Å². The van der Waals surface area contributed by atoms with E-state index in [4.69, 9.17) is 29.4 Å². The quantitative estimate of drug-likeness (QED) is 0.240. The Morgan fingerprint density at radius 2 is 0.435 bits per heavy atom. The Morgan fingerprint density at radius 3 is 0.478 bits per heavy atom. The first-order valence-corrected chi connectivity index (χ1v) is 12.9. The third-order valence-electron chi connectivity index (χ3n) is 3.00. The summed E-state index contributed by atoms with van der Waals surface area (Å²) < 4.78 is 0. The first-order chi connectivity index (χ1) is 10.0. The van der Waals surface area contributed by atoms with Crippen LogP contribution in [0.5, 0.6) is 0 Å². The predicted octanol–water partition coefficient (Wildman–Crippen LogP) is 3.05. The molecule has 0 aliphatic heterocycles. The van der Waals surface area contributed by atoms with E-state index < -0.39 is 13.4 Å². The van der Waals surface area contributed by atoms with Gasteiger partial charge in [0.1, 0.15) is 0 Å². The fourth-order valence-corrected chi connectivity index (χ4v) is 2.12. The second kappa shape index (κ2) is 18.5. The maximum absolute atomic E-state index is 7.56. The van der Waals surface area contributed by atoms with E-state index >= 15 is 0 Å². The van der Waals surface area contributed by atoms with Crippen molar-refractivity contribution in [2.45, 2.75) is 77.0 Å². The van der Waals surface area contributed by atoms with Crippen molar-refractivity contribution >= 4 is 37.1 Å². The van der Waals surface area contributed by atoms with Gasteiger partial charge in [-0.15, -0.1) is 0 Å². The fourth-order valence-electron chi connectivity index (χ4n) is 2.12. The summed E-state index contributed by atoms with van der Waals surface area (Å²) in [4.78, 5) is 45.3. The van der Waals surface area contributed by atoms with Crippen molar-refractivity contribution in [1.82, 2.24) is 0 Å². The van der Waals surface area contributed by atoms with Crippen molar-refractivity contribution in [3.8, 4) is 0 Å². The molecule has 0 aromatic heterocycles. The van der Waals surface area contributed by atoms with Gasteiger partial charge in [-0.3, -0.25) is 0 Å². The molecule has 2 aliphatic carbocycles. The van der Waals surface area contributed by atoms with Crippen LogP contribution in [0.15, 0.2) is 0 Å². The van der Waals surface area contributed by atoms with Crippen LogP contribution in [0.4, 0.5) is 0 Å². The summed E-state index contributed by atoms with van der Waals surface area (Å²) in [5, 5.41) is 0. The predicted molar refractivity (Wildman–Crippen MR) is 97.3 cm³/mol. The van der Waals surface area contributed by atoms with Crippen LogP contribution in [0.1, 0.15) is 77.0 Å². The van der Waals surface area contributed by atoms with E-state index in [-0.39, 0.29) is 19.5 Å². The Labute approximate surface area is 162 Å². The first-order valence-electron chi connectivity index (χ1n) is 7.57. The molecule has 6 nitrogen and oxygen atoms in total. The Morgan fingerprint density at radius 1 is 0.391 bits per heavy atom.